The van der Waals surface area contributed by atoms with E-state index in [-0.39, 0.29) is 39.1 Å². The third-order valence-electron chi connectivity index (χ3n) is 7.23. The van der Waals surface area contributed by atoms with Gasteiger partial charge < -0.3 is 10.2 Å². The molecule has 224 valence electrons. The number of nitrogens with zero attached hydrogens (tertiary/aromatic N) is 2. The summed E-state index contributed by atoms with van der Waals surface area (Å²) < 4.78 is 28.8. The van der Waals surface area contributed by atoms with Crippen LogP contribution in [0.2, 0.25) is 20.1 Å². The Morgan fingerprint density at radius 1 is 0.905 bits per heavy atom. The van der Waals surface area contributed by atoms with Gasteiger partial charge in [0.25, 0.3) is 10.0 Å². The predicted molar refractivity (Wildman–Crippen MR) is 169 cm³/mol. The van der Waals surface area contributed by atoms with Crippen LogP contribution >= 0.6 is 46.4 Å². The lowest BCUT2D eigenvalue weighted by Gasteiger charge is -2.34. The lowest BCUT2D eigenvalue weighted by atomic mass is 10.1. The van der Waals surface area contributed by atoms with Gasteiger partial charge in [-0.2, -0.15) is 0 Å². The minimum Gasteiger partial charge on any atom is -0.352 e. The fourth-order valence-corrected chi connectivity index (χ4v) is 7.38. The van der Waals surface area contributed by atoms with E-state index in [1.165, 1.54) is 35.2 Å². The van der Waals surface area contributed by atoms with Crippen molar-refractivity contribution in [3.63, 3.8) is 0 Å². The third-order valence-corrected chi connectivity index (χ3v) is 10.1. The van der Waals surface area contributed by atoms with E-state index in [0.717, 1.165) is 30.0 Å². The number of amides is 2. The van der Waals surface area contributed by atoms with E-state index in [1.54, 1.807) is 43.3 Å². The van der Waals surface area contributed by atoms with Crippen molar-refractivity contribution in [2.75, 3.05) is 10.8 Å². The van der Waals surface area contributed by atoms with Crippen molar-refractivity contribution in [1.82, 2.24) is 10.2 Å². The standard InChI is InChI=1S/C30H31Cl4N3O4S/c1-2-27(30(39)35-23-8-6-7-9-23)36(18-20-12-13-21(31)16-26(20)34)29(38)19-37(28-17-22(32)14-15-25(28)33)42(40,41)24-10-4-3-5-11-24/h3-5,10-17,23,27H,2,6-9,18-19H2,1H3,(H,35,39)/t27-/m0/s1. The van der Waals surface area contributed by atoms with Gasteiger partial charge in [0, 0.05) is 27.7 Å². The maximum Gasteiger partial charge on any atom is 0.264 e. The Balaban J connectivity index is 1.76. The number of nitrogens with one attached hydrogen (secondary N) is 1. The van der Waals surface area contributed by atoms with E-state index in [9.17, 15) is 18.0 Å². The average Bonchev–Trinajstić information content (AvgIpc) is 3.47. The molecule has 0 aromatic heterocycles. The summed E-state index contributed by atoms with van der Waals surface area (Å²) >= 11 is 25.3. The number of hydrogen-bond donors (Lipinski definition) is 1. The summed E-state index contributed by atoms with van der Waals surface area (Å²) in [7, 11) is -4.28. The quantitative estimate of drug-likeness (QED) is 0.231. The van der Waals surface area contributed by atoms with Gasteiger partial charge in [0.2, 0.25) is 11.8 Å². The van der Waals surface area contributed by atoms with Gasteiger partial charge in [0.1, 0.15) is 12.6 Å². The molecule has 0 radical (unpaired) electrons. The van der Waals surface area contributed by atoms with Crippen LogP contribution in [0.15, 0.2) is 71.6 Å². The monoisotopic (exact) mass is 669 g/mol. The van der Waals surface area contributed by atoms with Gasteiger partial charge in [-0.25, -0.2) is 8.42 Å². The van der Waals surface area contributed by atoms with Gasteiger partial charge in [-0.1, -0.05) is 90.4 Å². The molecule has 1 fully saturated rings. The van der Waals surface area contributed by atoms with Crippen molar-refractivity contribution in [3.05, 3.63) is 92.4 Å². The molecule has 0 spiro atoms. The number of benzene rings is 3. The molecule has 3 aromatic rings. The van der Waals surface area contributed by atoms with Crippen molar-refractivity contribution in [2.24, 2.45) is 0 Å². The highest BCUT2D eigenvalue weighted by atomic mass is 35.5. The summed E-state index contributed by atoms with van der Waals surface area (Å²) in [5, 5.41) is 4.14. The van der Waals surface area contributed by atoms with Crippen molar-refractivity contribution in [3.8, 4) is 0 Å². The van der Waals surface area contributed by atoms with Gasteiger partial charge in [-0.05, 0) is 67.3 Å². The van der Waals surface area contributed by atoms with Gasteiger partial charge >= 0.3 is 0 Å². The molecule has 1 aliphatic rings. The Kier molecular flexibility index (Phi) is 11.1. The molecule has 0 unspecified atom stereocenters. The second kappa shape index (κ2) is 14.3. The second-order valence-electron chi connectivity index (χ2n) is 10.1. The Bertz CT molecular complexity index is 1530. The largest absolute Gasteiger partial charge is 0.352 e. The maximum absolute atomic E-state index is 14.2. The van der Waals surface area contributed by atoms with Gasteiger partial charge in [-0.3, -0.25) is 13.9 Å². The van der Waals surface area contributed by atoms with E-state index < -0.39 is 28.5 Å². The fourth-order valence-electron chi connectivity index (χ4n) is 5.03. The molecular formula is C30H31Cl4N3O4S. The number of anilines is 1. The van der Waals surface area contributed by atoms with Crippen molar-refractivity contribution in [1.29, 1.82) is 0 Å². The summed E-state index contributed by atoms with van der Waals surface area (Å²) in [4.78, 5) is 29.1. The molecule has 0 saturated heterocycles. The zero-order valence-corrected chi connectivity index (χ0v) is 26.7. The first kappa shape index (κ1) is 32.4. The van der Waals surface area contributed by atoms with E-state index in [1.807, 2.05) is 0 Å². The van der Waals surface area contributed by atoms with Crippen LogP contribution in [-0.4, -0.2) is 43.8 Å². The lowest BCUT2D eigenvalue weighted by Crippen LogP contribution is -2.53. The Morgan fingerprint density at radius 2 is 1.55 bits per heavy atom. The first-order valence-corrected chi connectivity index (χ1v) is 16.5. The molecule has 1 atom stereocenters. The number of halogens is 4. The first-order valence-electron chi connectivity index (χ1n) is 13.6. The zero-order chi connectivity index (χ0) is 30.4. The van der Waals surface area contributed by atoms with Crippen LogP contribution in [0.25, 0.3) is 0 Å². The number of rotatable bonds is 11. The normalized spacial score (nSPS) is 14.4. The van der Waals surface area contributed by atoms with E-state index >= 15 is 0 Å². The topological polar surface area (TPSA) is 86.8 Å². The number of hydrogen-bond acceptors (Lipinski definition) is 4. The molecule has 2 amide bonds. The SMILES string of the molecule is CC[C@@H](C(=O)NC1CCCC1)N(Cc1ccc(Cl)cc1Cl)C(=O)CN(c1cc(Cl)ccc1Cl)S(=O)(=O)c1ccccc1. The van der Waals surface area contributed by atoms with Crippen LogP contribution in [0, 0.1) is 0 Å². The van der Waals surface area contributed by atoms with E-state index in [4.69, 9.17) is 46.4 Å². The Morgan fingerprint density at radius 3 is 2.19 bits per heavy atom. The molecular weight excluding hydrogens is 640 g/mol. The summed E-state index contributed by atoms with van der Waals surface area (Å²) in [6, 6.07) is 16.1. The van der Waals surface area contributed by atoms with Gasteiger partial charge in [0.05, 0.1) is 15.6 Å². The molecule has 42 heavy (non-hydrogen) atoms. The Labute approximate surface area is 266 Å². The summed E-state index contributed by atoms with van der Waals surface area (Å²) in [5.74, 6) is -0.925. The summed E-state index contributed by atoms with van der Waals surface area (Å²) in [6.07, 6.45) is 4.08. The number of carbonyl (C=O) groups is 2. The average molecular weight is 671 g/mol. The molecule has 1 saturated carbocycles. The van der Waals surface area contributed by atoms with Crippen molar-refractivity contribution >= 4 is 73.9 Å². The third kappa shape index (κ3) is 7.71. The molecule has 3 aromatic carbocycles. The number of carbonyl (C=O) groups excluding carboxylic acids is 2. The molecule has 0 bridgehead atoms. The molecule has 0 aliphatic heterocycles. The highest BCUT2D eigenvalue weighted by Crippen LogP contribution is 2.33. The van der Waals surface area contributed by atoms with Crippen LogP contribution < -0.4 is 9.62 Å². The molecule has 7 nitrogen and oxygen atoms in total. The fraction of sp³-hybridized carbons (Fsp3) is 0.333. The van der Waals surface area contributed by atoms with Crippen molar-refractivity contribution in [2.45, 2.75) is 62.6 Å². The molecule has 4 rings (SSSR count). The van der Waals surface area contributed by atoms with Crippen LogP contribution in [-0.2, 0) is 26.2 Å². The second-order valence-corrected chi connectivity index (χ2v) is 13.6. The summed E-state index contributed by atoms with van der Waals surface area (Å²) in [5.41, 5.74) is 0.592. The minimum atomic E-state index is -4.28. The molecule has 1 aliphatic carbocycles. The smallest absolute Gasteiger partial charge is 0.264 e. The van der Waals surface area contributed by atoms with Crippen molar-refractivity contribution < 1.29 is 18.0 Å². The van der Waals surface area contributed by atoms with E-state index in [2.05, 4.69) is 5.32 Å². The van der Waals surface area contributed by atoms with Gasteiger partial charge in [-0.15, -0.1) is 0 Å². The lowest BCUT2D eigenvalue weighted by molar-refractivity contribution is -0.140. The number of sulfonamides is 1. The van der Waals surface area contributed by atoms with Crippen LogP contribution in [0.4, 0.5) is 5.69 Å². The maximum atomic E-state index is 14.2. The highest BCUT2D eigenvalue weighted by molar-refractivity contribution is 7.92. The van der Waals surface area contributed by atoms with Crippen LogP contribution in [0.5, 0.6) is 0 Å². The van der Waals surface area contributed by atoms with Crippen LogP contribution in [0.3, 0.4) is 0 Å². The van der Waals surface area contributed by atoms with E-state index in [0.29, 0.717) is 22.0 Å². The molecule has 0 heterocycles. The zero-order valence-electron chi connectivity index (χ0n) is 22.9. The first-order chi connectivity index (χ1) is 20.0. The minimum absolute atomic E-state index is 0.0304. The highest BCUT2D eigenvalue weighted by Gasteiger charge is 2.35. The molecule has 12 heteroatoms. The molecule has 1 N–H and O–H groups in total. The van der Waals surface area contributed by atoms with Gasteiger partial charge in [0.15, 0.2) is 0 Å². The predicted octanol–water partition coefficient (Wildman–Crippen LogP) is 7.36. The summed E-state index contributed by atoms with van der Waals surface area (Å²) in [6.45, 7) is 1.11. The Hall–Kier alpha value is -2.49. The van der Waals surface area contributed by atoms with Crippen LogP contribution in [0.1, 0.15) is 44.6 Å².